The highest BCUT2D eigenvalue weighted by atomic mass is 19.3. The Hall–Kier alpha value is -2.87. The molecule has 1 saturated heterocycles. The third-order valence-corrected chi connectivity index (χ3v) is 6.08. The van der Waals surface area contributed by atoms with Gasteiger partial charge in [-0.1, -0.05) is 12.1 Å². The Morgan fingerprint density at radius 2 is 1.93 bits per heavy atom. The summed E-state index contributed by atoms with van der Waals surface area (Å²) < 4.78 is 34.8. The molecule has 2 aliphatic heterocycles. The second kappa shape index (κ2) is 6.32. The fourth-order valence-corrected chi connectivity index (χ4v) is 4.44. The van der Waals surface area contributed by atoms with Gasteiger partial charge in [-0.25, -0.2) is 4.79 Å². The average molecular weight is 400 g/mol. The number of carbonyl (C=O) groups is 2. The Morgan fingerprint density at radius 1 is 1.17 bits per heavy atom. The van der Waals surface area contributed by atoms with E-state index in [9.17, 15) is 18.4 Å². The van der Waals surface area contributed by atoms with Crippen molar-refractivity contribution >= 4 is 11.8 Å². The lowest BCUT2D eigenvalue weighted by Gasteiger charge is -2.21. The molecule has 6 nitrogen and oxygen atoms in total. The average Bonchev–Trinajstić information content (AvgIpc) is 3.30. The predicted molar refractivity (Wildman–Crippen MR) is 97.1 cm³/mol. The van der Waals surface area contributed by atoms with Gasteiger partial charge in [0.15, 0.2) is 11.4 Å². The van der Waals surface area contributed by atoms with E-state index in [2.05, 4.69) is 15.0 Å². The number of pyridine rings is 1. The summed E-state index contributed by atoms with van der Waals surface area (Å²) in [5.74, 6) is -0.724. The summed E-state index contributed by atoms with van der Waals surface area (Å²) in [6, 6.07) is 7.83. The number of nitrogens with zero attached hydrogens (tertiary/aromatic N) is 1. The summed E-state index contributed by atoms with van der Waals surface area (Å²) in [5.41, 5.74) is 0.270. The molecule has 1 N–H and O–H groups in total. The number of benzene rings is 1. The standard InChI is InChI=1S/C21H18F2N2O4/c22-19(23)28-13-3-1-12(2-4-13)20(6-7-20)17(26)16-15-14(5-9-25-16)21(29-18(15)27)8-10-24-11-21/h1-5,9,19,24H,6-8,10-11H2. The van der Waals surface area contributed by atoms with E-state index in [-0.39, 0.29) is 22.8 Å². The summed E-state index contributed by atoms with van der Waals surface area (Å²) >= 11 is 0. The van der Waals surface area contributed by atoms with Crippen molar-refractivity contribution in [2.24, 2.45) is 0 Å². The molecule has 1 saturated carbocycles. The van der Waals surface area contributed by atoms with Crippen molar-refractivity contribution in [2.75, 3.05) is 13.1 Å². The molecule has 1 spiro atoms. The third kappa shape index (κ3) is 2.73. The highest BCUT2D eigenvalue weighted by molar-refractivity contribution is 6.12. The second-order valence-electron chi connectivity index (χ2n) is 7.71. The Balaban J connectivity index is 1.50. The van der Waals surface area contributed by atoms with Crippen molar-refractivity contribution < 1.29 is 27.8 Å². The van der Waals surface area contributed by atoms with Crippen LogP contribution in [0.2, 0.25) is 0 Å². The first-order valence-corrected chi connectivity index (χ1v) is 9.49. The maximum Gasteiger partial charge on any atom is 0.387 e. The van der Waals surface area contributed by atoms with Gasteiger partial charge < -0.3 is 14.8 Å². The molecule has 2 aromatic rings. The van der Waals surface area contributed by atoms with Gasteiger partial charge in [-0.2, -0.15) is 8.78 Å². The van der Waals surface area contributed by atoms with Crippen molar-refractivity contribution in [3.8, 4) is 5.75 Å². The molecule has 1 atom stereocenters. The fraction of sp³-hybridized carbons (Fsp3) is 0.381. The van der Waals surface area contributed by atoms with Crippen molar-refractivity contribution in [3.63, 3.8) is 0 Å². The van der Waals surface area contributed by atoms with Crippen LogP contribution in [0.15, 0.2) is 36.5 Å². The maximum atomic E-state index is 13.5. The molecule has 1 aliphatic carbocycles. The van der Waals surface area contributed by atoms with E-state index in [4.69, 9.17) is 4.74 Å². The number of hydrogen-bond acceptors (Lipinski definition) is 6. The van der Waals surface area contributed by atoms with Gasteiger partial charge in [0.1, 0.15) is 11.4 Å². The number of carbonyl (C=O) groups excluding carboxylic acids is 2. The van der Waals surface area contributed by atoms with Crippen molar-refractivity contribution in [1.82, 2.24) is 10.3 Å². The number of Topliss-reactive ketones (excluding diaryl/α,β-unsaturated/α-hetero) is 1. The van der Waals surface area contributed by atoms with Crippen LogP contribution in [0.3, 0.4) is 0 Å². The molecule has 8 heteroatoms. The van der Waals surface area contributed by atoms with Crippen LogP contribution in [0.1, 0.15) is 51.2 Å². The van der Waals surface area contributed by atoms with Gasteiger partial charge in [-0.3, -0.25) is 9.78 Å². The third-order valence-electron chi connectivity index (χ3n) is 6.08. The van der Waals surface area contributed by atoms with E-state index >= 15 is 0 Å². The zero-order valence-electron chi connectivity index (χ0n) is 15.4. The number of nitrogens with one attached hydrogen (secondary N) is 1. The summed E-state index contributed by atoms with van der Waals surface area (Å²) in [6.45, 7) is -1.66. The van der Waals surface area contributed by atoms with Gasteiger partial charge in [0.05, 0.1) is 11.0 Å². The predicted octanol–water partition coefficient (Wildman–Crippen LogP) is 2.96. The van der Waals surface area contributed by atoms with Crippen molar-refractivity contribution in [2.45, 2.75) is 36.9 Å². The molecule has 3 aliphatic rings. The SMILES string of the molecule is O=C1OC2(CCNC2)c2ccnc(C(=O)C3(c4ccc(OC(F)F)cc4)CC3)c21. The molecule has 2 fully saturated rings. The number of ketones is 1. The lowest BCUT2D eigenvalue weighted by atomic mass is 9.85. The molecular weight excluding hydrogens is 382 g/mol. The number of rotatable bonds is 5. The highest BCUT2D eigenvalue weighted by Crippen LogP contribution is 2.52. The normalized spacial score (nSPS) is 23.9. The van der Waals surface area contributed by atoms with Crippen LogP contribution in [0.4, 0.5) is 8.78 Å². The van der Waals surface area contributed by atoms with Crippen LogP contribution in [-0.4, -0.2) is 36.4 Å². The fourth-order valence-electron chi connectivity index (χ4n) is 4.44. The minimum absolute atomic E-state index is 0.0324. The molecule has 150 valence electrons. The number of alkyl halides is 2. The molecule has 3 heterocycles. The Kier molecular flexibility index (Phi) is 3.96. The van der Waals surface area contributed by atoms with Crippen LogP contribution in [0.25, 0.3) is 0 Å². The number of esters is 1. The summed E-state index contributed by atoms with van der Waals surface area (Å²) in [7, 11) is 0. The molecule has 1 aromatic carbocycles. The Bertz CT molecular complexity index is 996. The van der Waals surface area contributed by atoms with Gasteiger partial charge in [0.25, 0.3) is 0 Å². The number of hydrogen-bond donors (Lipinski definition) is 1. The minimum Gasteiger partial charge on any atom is -0.449 e. The van der Waals surface area contributed by atoms with Crippen LogP contribution in [0.5, 0.6) is 5.75 Å². The van der Waals surface area contributed by atoms with Gasteiger partial charge in [-0.15, -0.1) is 0 Å². The smallest absolute Gasteiger partial charge is 0.387 e. The number of halogens is 2. The molecule has 1 aromatic heterocycles. The van der Waals surface area contributed by atoms with Crippen LogP contribution in [-0.2, 0) is 15.8 Å². The zero-order chi connectivity index (χ0) is 20.2. The molecule has 0 amide bonds. The molecule has 1 unspecified atom stereocenters. The van der Waals surface area contributed by atoms with Crippen molar-refractivity contribution in [3.05, 3.63) is 58.9 Å². The number of fused-ring (bicyclic) bond motifs is 2. The largest absolute Gasteiger partial charge is 0.449 e. The van der Waals surface area contributed by atoms with E-state index in [0.29, 0.717) is 36.9 Å². The van der Waals surface area contributed by atoms with E-state index in [1.165, 1.54) is 12.1 Å². The lowest BCUT2D eigenvalue weighted by molar-refractivity contribution is -0.0498. The number of ether oxygens (including phenoxy) is 2. The van der Waals surface area contributed by atoms with Crippen LogP contribution < -0.4 is 10.1 Å². The first-order chi connectivity index (χ1) is 14.0. The van der Waals surface area contributed by atoms with Crippen LogP contribution >= 0.6 is 0 Å². The lowest BCUT2D eigenvalue weighted by Crippen LogP contribution is -2.29. The molecule has 29 heavy (non-hydrogen) atoms. The van der Waals surface area contributed by atoms with E-state index in [0.717, 1.165) is 6.54 Å². The van der Waals surface area contributed by atoms with E-state index in [1.807, 2.05) is 0 Å². The summed E-state index contributed by atoms with van der Waals surface area (Å²) in [4.78, 5) is 30.4. The molecular formula is C21H18F2N2O4. The van der Waals surface area contributed by atoms with Gasteiger partial charge >= 0.3 is 12.6 Å². The Morgan fingerprint density at radius 3 is 2.55 bits per heavy atom. The Labute approximate surface area is 165 Å². The first kappa shape index (κ1) is 18.2. The molecule has 5 rings (SSSR count). The number of aromatic nitrogens is 1. The minimum atomic E-state index is -2.91. The maximum absolute atomic E-state index is 13.5. The van der Waals surface area contributed by atoms with Crippen molar-refractivity contribution in [1.29, 1.82) is 0 Å². The van der Waals surface area contributed by atoms with Gasteiger partial charge in [-0.05, 0) is 43.1 Å². The second-order valence-corrected chi connectivity index (χ2v) is 7.71. The monoisotopic (exact) mass is 400 g/mol. The van der Waals surface area contributed by atoms with E-state index < -0.39 is 23.6 Å². The summed E-state index contributed by atoms with van der Waals surface area (Å²) in [5, 5.41) is 3.20. The topological polar surface area (TPSA) is 77.5 Å². The molecule has 0 bridgehead atoms. The van der Waals surface area contributed by atoms with Gasteiger partial charge in [0, 0.05) is 24.7 Å². The van der Waals surface area contributed by atoms with Gasteiger partial charge in [0.2, 0.25) is 0 Å². The zero-order valence-corrected chi connectivity index (χ0v) is 15.4. The van der Waals surface area contributed by atoms with E-state index in [1.54, 1.807) is 24.4 Å². The quantitative estimate of drug-likeness (QED) is 0.614. The highest BCUT2D eigenvalue weighted by Gasteiger charge is 2.55. The van der Waals surface area contributed by atoms with Crippen LogP contribution in [0, 0.1) is 0 Å². The summed E-state index contributed by atoms with van der Waals surface area (Å²) in [6.07, 6.45) is 3.41. The first-order valence-electron chi connectivity index (χ1n) is 9.49. The molecule has 0 radical (unpaired) electrons.